The second-order valence-corrected chi connectivity index (χ2v) is 9.23. The van der Waals surface area contributed by atoms with E-state index in [9.17, 15) is 35.6 Å². The minimum absolute atomic E-state index is 0.124. The quantitative estimate of drug-likeness (QED) is 0.301. The van der Waals surface area contributed by atoms with Gasteiger partial charge >= 0.3 is 18.1 Å². The van der Waals surface area contributed by atoms with Crippen LogP contribution in [0, 0.1) is 5.82 Å². The first kappa shape index (κ1) is 23.6. The lowest BCUT2D eigenvalue weighted by molar-refractivity contribution is -0.202. The molecular weight excluding hydrogens is 440 g/mol. The summed E-state index contributed by atoms with van der Waals surface area (Å²) in [6, 6.07) is 1.67. The van der Waals surface area contributed by atoms with Crippen LogP contribution in [0.15, 0.2) is 29.2 Å². The molecule has 1 atom stereocenters. The van der Waals surface area contributed by atoms with Crippen LogP contribution in [0.25, 0.3) is 0 Å². The summed E-state index contributed by atoms with van der Waals surface area (Å²) in [5.41, 5.74) is 0. The predicted molar refractivity (Wildman–Crippen MR) is 96.1 cm³/mol. The number of sulfonamides is 1. The highest BCUT2D eigenvalue weighted by atomic mass is 32.2. The van der Waals surface area contributed by atoms with E-state index in [2.05, 4.69) is 17.4 Å². The fraction of sp³-hybridized carbons (Fsp3) is 0.500. The number of rotatable bonds is 5. The monoisotopic (exact) mass is 458 g/mol. The molecule has 0 radical (unpaired) electrons. The van der Waals surface area contributed by atoms with E-state index in [4.69, 9.17) is 0 Å². The minimum Gasteiger partial charge on any atom is -0.385 e. The summed E-state index contributed by atoms with van der Waals surface area (Å²) in [5.74, 6) is -5.20. The average Bonchev–Trinajstić information content (AvgIpc) is 2.62. The first-order chi connectivity index (χ1) is 13.2. The molecule has 1 aliphatic heterocycles. The van der Waals surface area contributed by atoms with E-state index in [1.807, 2.05) is 9.62 Å². The van der Waals surface area contributed by atoms with Crippen LogP contribution in [0.2, 0.25) is 0 Å². The van der Waals surface area contributed by atoms with Crippen LogP contribution in [0.3, 0.4) is 0 Å². The first-order valence-corrected chi connectivity index (χ1v) is 10.2. The summed E-state index contributed by atoms with van der Waals surface area (Å²) < 4.78 is 80.1. The van der Waals surface area contributed by atoms with Crippen molar-refractivity contribution in [3.63, 3.8) is 0 Å². The Kier molecular flexibility index (Phi) is 6.97. The van der Waals surface area contributed by atoms with Crippen molar-refractivity contribution in [3.05, 3.63) is 30.1 Å². The van der Waals surface area contributed by atoms with E-state index >= 15 is 0 Å². The summed E-state index contributed by atoms with van der Waals surface area (Å²) in [5, 5.41) is 0. The van der Waals surface area contributed by atoms with Gasteiger partial charge in [0.05, 0.1) is 4.90 Å². The molecule has 1 heterocycles. The Morgan fingerprint density at radius 1 is 1.21 bits per heavy atom. The van der Waals surface area contributed by atoms with Crippen molar-refractivity contribution in [1.82, 2.24) is 9.62 Å². The second-order valence-electron chi connectivity index (χ2n) is 6.62. The van der Waals surface area contributed by atoms with Crippen molar-refractivity contribution in [2.24, 2.45) is 0 Å². The predicted octanol–water partition coefficient (Wildman–Crippen LogP) is 1.50. The lowest BCUT2D eigenvalue weighted by atomic mass is 9.88. The van der Waals surface area contributed by atoms with E-state index < -0.39 is 49.6 Å². The van der Waals surface area contributed by atoms with Gasteiger partial charge in [0.15, 0.2) is 0 Å². The third kappa shape index (κ3) is 5.90. The molecule has 0 amide bonds. The molecule has 0 aliphatic carbocycles. The maximum atomic E-state index is 13.1. The van der Waals surface area contributed by atoms with Crippen molar-refractivity contribution in [2.45, 2.75) is 34.7 Å². The van der Waals surface area contributed by atoms with Crippen molar-refractivity contribution >= 4 is 34.6 Å². The molecular formula is C16H18F4N2O5S2. The number of likely N-dealkylation sites (tertiary alicyclic amines) is 1. The van der Waals surface area contributed by atoms with Gasteiger partial charge in [-0.3, -0.25) is 0 Å². The Balaban J connectivity index is 2.35. The highest BCUT2D eigenvalue weighted by Crippen LogP contribution is 2.34. The molecule has 1 N–H and O–H groups in total. The Morgan fingerprint density at radius 3 is 2.21 bits per heavy atom. The van der Waals surface area contributed by atoms with E-state index in [0.29, 0.717) is 13.1 Å². The molecule has 0 spiro atoms. The normalized spacial score (nSPS) is 18.8. The van der Waals surface area contributed by atoms with Gasteiger partial charge in [-0.1, -0.05) is 0 Å². The second kappa shape index (κ2) is 8.58. The summed E-state index contributed by atoms with van der Waals surface area (Å²) in [6.45, 7) is 0.748. The average molecular weight is 458 g/mol. The fourth-order valence-corrected chi connectivity index (χ4v) is 4.44. The zero-order chi connectivity index (χ0) is 22.0. The van der Waals surface area contributed by atoms with Crippen molar-refractivity contribution < 1.29 is 40.3 Å². The van der Waals surface area contributed by atoms with Gasteiger partial charge in [0.1, 0.15) is 11.9 Å². The van der Waals surface area contributed by atoms with Crippen molar-refractivity contribution in [3.8, 4) is 0 Å². The van der Waals surface area contributed by atoms with Gasteiger partial charge in [0, 0.05) is 4.75 Å². The molecule has 0 bridgehead atoms. The van der Waals surface area contributed by atoms with Gasteiger partial charge in [-0.05, 0) is 57.2 Å². The molecule has 1 saturated heterocycles. The number of esters is 2. The van der Waals surface area contributed by atoms with Crippen molar-refractivity contribution in [1.29, 1.82) is 0 Å². The molecule has 1 aliphatic rings. The highest BCUT2D eigenvalue weighted by molar-refractivity contribution is 7.89. The zero-order valence-electron chi connectivity index (χ0n) is 15.1. The van der Waals surface area contributed by atoms with Gasteiger partial charge < -0.3 is 9.64 Å². The number of ether oxygens (including phenoxy) is 1. The summed E-state index contributed by atoms with van der Waals surface area (Å²) in [7, 11) is -2.71. The Labute approximate surface area is 169 Å². The summed E-state index contributed by atoms with van der Waals surface area (Å²) in [6.07, 6.45) is -5.19. The number of benzene rings is 1. The molecule has 0 aromatic heterocycles. The van der Waals surface area contributed by atoms with Crippen LogP contribution < -0.4 is 4.72 Å². The lowest BCUT2D eigenvalue weighted by Crippen LogP contribution is -2.58. The Morgan fingerprint density at radius 2 is 1.72 bits per heavy atom. The van der Waals surface area contributed by atoms with Crippen LogP contribution in [-0.4, -0.2) is 62.4 Å². The van der Waals surface area contributed by atoms with Gasteiger partial charge in [0.25, 0.3) is 0 Å². The lowest BCUT2D eigenvalue weighted by Gasteiger charge is -2.41. The molecule has 2 rings (SSSR count). The Hall–Kier alpha value is -1.70. The van der Waals surface area contributed by atoms with E-state index in [-0.39, 0.29) is 12.8 Å². The maximum Gasteiger partial charge on any atom is 0.491 e. The molecule has 7 nitrogen and oxygen atoms in total. The minimum atomic E-state index is -5.44. The van der Waals surface area contributed by atoms with Gasteiger partial charge in [-0.25, -0.2) is 22.4 Å². The van der Waals surface area contributed by atoms with Crippen LogP contribution in [0.1, 0.15) is 12.8 Å². The SMILES string of the molecule is CN1CCC(S)([C@@H](NS(=O)(=O)c2ccc(F)cc2)C(=O)OC(=O)C(F)(F)F)CC1. The standard InChI is InChI=1S/C16H18F4N2O5S2/c1-22-8-6-15(28,7-9-22)12(13(23)27-14(24)16(18,19)20)21-29(25,26)11-4-2-10(17)3-5-11/h2-5,12,21,28H,6-9H2,1H3/t12-/m0/s1. The van der Waals surface area contributed by atoms with Crippen LogP contribution >= 0.6 is 12.6 Å². The van der Waals surface area contributed by atoms with Crippen LogP contribution in [0.4, 0.5) is 17.6 Å². The number of alkyl halides is 3. The number of thiol groups is 1. The molecule has 162 valence electrons. The molecule has 1 fully saturated rings. The number of halogens is 4. The maximum absolute atomic E-state index is 13.1. The third-order valence-electron chi connectivity index (χ3n) is 4.45. The number of carbonyl (C=O) groups is 2. The van der Waals surface area contributed by atoms with Gasteiger partial charge in [-0.2, -0.15) is 30.5 Å². The topological polar surface area (TPSA) is 92.8 Å². The molecule has 0 unspecified atom stereocenters. The number of carbonyl (C=O) groups excluding carboxylic acids is 2. The first-order valence-electron chi connectivity index (χ1n) is 8.26. The number of nitrogens with zero attached hydrogens (tertiary/aromatic N) is 1. The van der Waals surface area contributed by atoms with E-state index in [1.54, 1.807) is 7.05 Å². The highest BCUT2D eigenvalue weighted by Gasteiger charge is 2.49. The molecule has 13 heteroatoms. The van der Waals surface area contributed by atoms with Gasteiger partial charge in [0.2, 0.25) is 10.0 Å². The van der Waals surface area contributed by atoms with Crippen LogP contribution in [-0.2, 0) is 24.3 Å². The number of nitrogens with one attached hydrogen (secondary N) is 1. The van der Waals surface area contributed by atoms with Crippen LogP contribution in [0.5, 0.6) is 0 Å². The number of piperidine rings is 1. The van der Waals surface area contributed by atoms with E-state index in [0.717, 1.165) is 24.3 Å². The smallest absolute Gasteiger partial charge is 0.385 e. The largest absolute Gasteiger partial charge is 0.491 e. The molecule has 0 saturated carbocycles. The Bertz CT molecular complexity index is 866. The third-order valence-corrected chi connectivity index (χ3v) is 6.59. The number of hydrogen-bond acceptors (Lipinski definition) is 7. The molecule has 1 aromatic carbocycles. The van der Waals surface area contributed by atoms with E-state index in [1.165, 1.54) is 0 Å². The van der Waals surface area contributed by atoms with Crippen molar-refractivity contribution in [2.75, 3.05) is 20.1 Å². The molecule has 29 heavy (non-hydrogen) atoms. The zero-order valence-corrected chi connectivity index (χ0v) is 16.8. The summed E-state index contributed by atoms with van der Waals surface area (Å²) >= 11 is 4.35. The van der Waals surface area contributed by atoms with Gasteiger partial charge in [-0.15, -0.1) is 0 Å². The molecule has 1 aromatic rings. The fourth-order valence-electron chi connectivity index (χ4n) is 2.72. The summed E-state index contributed by atoms with van der Waals surface area (Å²) in [4.78, 5) is 24.9. The number of hydrogen-bond donors (Lipinski definition) is 2.